The molecule has 0 amide bonds. The number of hydrogen-bond acceptors (Lipinski definition) is 3. The van der Waals surface area contributed by atoms with Gasteiger partial charge in [0.2, 0.25) is 0 Å². The van der Waals surface area contributed by atoms with Crippen molar-refractivity contribution >= 4 is 18.4 Å². The zero-order chi connectivity index (χ0) is 8.27. The van der Waals surface area contributed by atoms with E-state index in [2.05, 4.69) is 0 Å². The van der Waals surface area contributed by atoms with Crippen molar-refractivity contribution < 1.29 is 9.90 Å². The van der Waals surface area contributed by atoms with E-state index in [0.717, 1.165) is 0 Å². The fourth-order valence-electron chi connectivity index (χ4n) is 0.796. The van der Waals surface area contributed by atoms with Crippen LogP contribution in [0.3, 0.4) is 0 Å². The van der Waals surface area contributed by atoms with Gasteiger partial charge in [-0.15, -0.1) is 12.4 Å². The molecule has 12 heavy (non-hydrogen) atoms. The average Bonchev–Trinajstić information content (AvgIpc) is 2.05. The first-order valence-electron chi connectivity index (χ1n) is 3.23. The number of rotatable bonds is 2. The van der Waals surface area contributed by atoms with Crippen LogP contribution in [-0.4, -0.2) is 5.97 Å². The van der Waals surface area contributed by atoms with Crippen LogP contribution in [0.2, 0.25) is 0 Å². The van der Waals surface area contributed by atoms with Crippen LogP contribution in [0.1, 0.15) is 11.6 Å². The van der Waals surface area contributed by atoms with Crippen molar-refractivity contribution in [1.82, 2.24) is 0 Å². The van der Waals surface area contributed by atoms with Gasteiger partial charge in [0.1, 0.15) is 0 Å². The third kappa shape index (κ3) is 2.53. The molecular weight excluding hydrogens is 178 g/mol. The molecule has 0 spiro atoms. The van der Waals surface area contributed by atoms with E-state index >= 15 is 0 Å². The first-order chi connectivity index (χ1) is 5.22. The maximum Gasteiger partial charge on any atom is 0.0699 e. The SMILES string of the molecule is Cl.NC(C(=O)[O-])c1ccccc1. The molecule has 1 rings (SSSR count). The van der Waals surface area contributed by atoms with Crippen LogP contribution in [0.5, 0.6) is 0 Å². The summed E-state index contributed by atoms with van der Waals surface area (Å²) in [4.78, 5) is 10.3. The number of carboxylic acid groups (broad SMARTS) is 1. The Kier molecular flexibility index (Phi) is 4.33. The molecule has 0 aliphatic heterocycles. The van der Waals surface area contributed by atoms with Gasteiger partial charge in [-0.25, -0.2) is 0 Å². The molecule has 2 N–H and O–H groups in total. The fraction of sp³-hybridized carbons (Fsp3) is 0.125. The summed E-state index contributed by atoms with van der Waals surface area (Å²) < 4.78 is 0. The quantitative estimate of drug-likeness (QED) is 0.699. The number of carbonyl (C=O) groups excluding carboxylic acids is 1. The van der Waals surface area contributed by atoms with Crippen molar-refractivity contribution in [1.29, 1.82) is 0 Å². The second-order valence-electron chi connectivity index (χ2n) is 2.21. The van der Waals surface area contributed by atoms with E-state index in [1.807, 2.05) is 0 Å². The molecule has 0 aromatic heterocycles. The highest BCUT2D eigenvalue weighted by Gasteiger charge is 2.03. The van der Waals surface area contributed by atoms with Crippen molar-refractivity contribution in [3.05, 3.63) is 35.9 Å². The highest BCUT2D eigenvalue weighted by Crippen LogP contribution is 2.07. The van der Waals surface area contributed by atoms with Gasteiger partial charge in [0.15, 0.2) is 0 Å². The molecule has 0 fully saturated rings. The molecule has 1 aromatic rings. The van der Waals surface area contributed by atoms with Gasteiger partial charge < -0.3 is 15.6 Å². The Morgan fingerprint density at radius 2 is 1.83 bits per heavy atom. The molecule has 0 bridgehead atoms. The van der Waals surface area contributed by atoms with Crippen molar-refractivity contribution in [2.24, 2.45) is 5.73 Å². The highest BCUT2D eigenvalue weighted by molar-refractivity contribution is 5.85. The van der Waals surface area contributed by atoms with Gasteiger partial charge in [0.05, 0.1) is 12.0 Å². The zero-order valence-electron chi connectivity index (χ0n) is 6.27. The van der Waals surface area contributed by atoms with Gasteiger partial charge in [-0.3, -0.25) is 0 Å². The van der Waals surface area contributed by atoms with Gasteiger partial charge in [-0.05, 0) is 5.56 Å². The maximum atomic E-state index is 10.3. The third-order valence-corrected chi connectivity index (χ3v) is 1.41. The second-order valence-corrected chi connectivity index (χ2v) is 2.21. The molecule has 66 valence electrons. The minimum absolute atomic E-state index is 0. The molecule has 1 atom stereocenters. The summed E-state index contributed by atoms with van der Waals surface area (Å²) in [5.74, 6) is -1.25. The summed E-state index contributed by atoms with van der Waals surface area (Å²) >= 11 is 0. The Balaban J connectivity index is 0.00000121. The summed E-state index contributed by atoms with van der Waals surface area (Å²) in [5.41, 5.74) is 5.84. The largest absolute Gasteiger partial charge is 0.548 e. The van der Waals surface area contributed by atoms with Crippen molar-refractivity contribution in [3.8, 4) is 0 Å². The molecule has 0 aliphatic rings. The molecule has 1 aromatic carbocycles. The number of benzene rings is 1. The molecule has 0 aliphatic carbocycles. The number of halogens is 1. The predicted octanol–water partition coefficient (Wildman–Crippen LogP) is -0.142. The molecule has 0 saturated heterocycles. The normalized spacial score (nSPS) is 11.4. The lowest BCUT2D eigenvalue weighted by Crippen LogP contribution is -2.34. The molecule has 0 heterocycles. The van der Waals surface area contributed by atoms with Gasteiger partial charge in [-0.1, -0.05) is 30.3 Å². The summed E-state index contributed by atoms with van der Waals surface area (Å²) in [6, 6.07) is 7.55. The Hall–Kier alpha value is -1.06. The molecule has 3 nitrogen and oxygen atoms in total. The van der Waals surface area contributed by atoms with Crippen LogP contribution in [0.15, 0.2) is 30.3 Å². The van der Waals surface area contributed by atoms with E-state index in [0.29, 0.717) is 5.56 Å². The third-order valence-electron chi connectivity index (χ3n) is 1.41. The maximum absolute atomic E-state index is 10.3. The van der Waals surface area contributed by atoms with Crippen LogP contribution in [0.25, 0.3) is 0 Å². The van der Waals surface area contributed by atoms with E-state index < -0.39 is 12.0 Å². The lowest BCUT2D eigenvalue weighted by Gasteiger charge is -2.11. The molecule has 1 unspecified atom stereocenters. The smallest absolute Gasteiger partial charge is 0.0699 e. The monoisotopic (exact) mass is 186 g/mol. The zero-order valence-corrected chi connectivity index (χ0v) is 7.08. The van der Waals surface area contributed by atoms with Crippen molar-refractivity contribution in [2.75, 3.05) is 0 Å². The summed E-state index contributed by atoms with van der Waals surface area (Å²) in [5, 5.41) is 10.3. The lowest BCUT2D eigenvalue weighted by molar-refractivity contribution is -0.307. The van der Waals surface area contributed by atoms with Crippen molar-refractivity contribution in [2.45, 2.75) is 6.04 Å². The minimum Gasteiger partial charge on any atom is -0.548 e. The van der Waals surface area contributed by atoms with Crippen LogP contribution >= 0.6 is 12.4 Å². The molecule has 0 radical (unpaired) electrons. The van der Waals surface area contributed by atoms with Gasteiger partial charge in [0, 0.05) is 0 Å². The number of carbonyl (C=O) groups is 1. The molecular formula is C8H9ClNO2-. The Morgan fingerprint density at radius 3 is 2.25 bits per heavy atom. The number of aliphatic carboxylic acids is 1. The number of carboxylic acids is 1. The highest BCUT2D eigenvalue weighted by atomic mass is 35.5. The van der Waals surface area contributed by atoms with Crippen molar-refractivity contribution in [3.63, 3.8) is 0 Å². The van der Waals surface area contributed by atoms with Crippen LogP contribution in [0, 0.1) is 0 Å². The van der Waals surface area contributed by atoms with E-state index in [1.165, 1.54) is 0 Å². The minimum atomic E-state index is -1.25. The van der Waals surface area contributed by atoms with Gasteiger partial charge in [0.25, 0.3) is 0 Å². The summed E-state index contributed by atoms with van der Waals surface area (Å²) in [6.07, 6.45) is 0. The van der Waals surface area contributed by atoms with E-state index in [9.17, 15) is 9.90 Å². The number of nitrogens with two attached hydrogens (primary N) is 1. The van der Waals surface area contributed by atoms with Crippen LogP contribution in [-0.2, 0) is 4.79 Å². The summed E-state index contributed by atoms with van der Waals surface area (Å²) in [6.45, 7) is 0. The Morgan fingerprint density at radius 1 is 1.33 bits per heavy atom. The molecule has 0 saturated carbocycles. The topological polar surface area (TPSA) is 66.2 Å². The first-order valence-corrected chi connectivity index (χ1v) is 3.23. The fourth-order valence-corrected chi connectivity index (χ4v) is 0.796. The first kappa shape index (κ1) is 10.9. The standard InChI is InChI=1S/C8H9NO2.ClH/c9-7(8(10)11)6-4-2-1-3-5-6;/h1-5,7H,9H2,(H,10,11);1H/p-1. The predicted molar refractivity (Wildman–Crippen MR) is 45.6 cm³/mol. The van der Waals surface area contributed by atoms with Crippen LogP contribution < -0.4 is 10.8 Å². The lowest BCUT2D eigenvalue weighted by atomic mass is 10.1. The molecule has 4 heteroatoms. The average molecular weight is 187 g/mol. The van der Waals surface area contributed by atoms with Gasteiger partial charge >= 0.3 is 0 Å². The Labute approximate surface area is 76.6 Å². The summed E-state index contributed by atoms with van der Waals surface area (Å²) in [7, 11) is 0. The van der Waals surface area contributed by atoms with Gasteiger partial charge in [-0.2, -0.15) is 0 Å². The number of hydrogen-bond donors (Lipinski definition) is 1. The van der Waals surface area contributed by atoms with Crippen LogP contribution in [0.4, 0.5) is 0 Å². The Bertz CT molecular complexity index is 250. The van der Waals surface area contributed by atoms with E-state index in [4.69, 9.17) is 5.73 Å². The van der Waals surface area contributed by atoms with E-state index in [-0.39, 0.29) is 12.4 Å². The second kappa shape index (κ2) is 4.74. The van der Waals surface area contributed by atoms with E-state index in [1.54, 1.807) is 30.3 Å².